The molecule has 1 rings (SSSR count). The van der Waals surface area contributed by atoms with Gasteiger partial charge in [0.05, 0.1) is 13.4 Å². The Kier molecular flexibility index (Phi) is 7.44. The summed E-state index contributed by atoms with van der Waals surface area (Å²) < 4.78 is 34.4. The van der Waals surface area contributed by atoms with Crippen LogP contribution in [0.1, 0.15) is 0 Å². The van der Waals surface area contributed by atoms with E-state index in [1.807, 2.05) is 0 Å². The molecule has 1 atom stereocenters. The molecule has 0 fully saturated rings. The molecule has 0 bridgehead atoms. The van der Waals surface area contributed by atoms with Crippen molar-refractivity contribution in [3.05, 3.63) is 24.3 Å². The van der Waals surface area contributed by atoms with E-state index in [2.05, 4.69) is 10.0 Å². The van der Waals surface area contributed by atoms with Crippen LogP contribution in [0.5, 0.6) is 11.5 Å². The molecule has 3 N–H and O–H groups in total. The molecule has 0 aliphatic heterocycles. The highest BCUT2D eigenvalue weighted by atomic mass is 32.2. The zero-order valence-electron chi connectivity index (χ0n) is 12.2. The maximum Gasteiger partial charge on any atom is 0.208 e. The number of aliphatic hydroxyl groups excluding tert-OH is 1. The molecule has 0 radical (unpaired) electrons. The third kappa shape index (κ3) is 8.51. The van der Waals surface area contributed by atoms with Gasteiger partial charge in [-0.1, -0.05) is 0 Å². The smallest absolute Gasteiger partial charge is 0.208 e. The topological polar surface area (TPSA) is 96.9 Å². The predicted octanol–water partition coefficient (Wildman–Crippen LogP) is -0.426. The quantitative estimate of drug-likeness (QED) is 0.507. The Hall–Kier alpha value is -1.35. The van der Waals surface area contributed by atoms with Gasteiger partial charge < -0.3 is 19.9 Å². The van der Waals surface area contributed by atoms with E-state index in [9.17, 15) is 13.5 Å². The van der Waals surface area contributed by atoms with Gasteiger partial charge in [0, 0.05) is 19.6 Å². The molecule has 0 aliphatic rings. The lowest BCUT2D eigenvalue weighted by atomic mass is 10.3. The number of hydrogen-bond donors (Lipinski definition) is 3. The largest absolute Gasteiger partial charge is 0.497 e. The Morgan fingerprint density at radius 1 is 1.19 bits per heavy atom. The molecule has 0 saturated heterocycles. The molecule has 0 saturated carbocycles. The Morgan fingerprint density at radius 3 is 2.38 bits per heavy atom. The number of hydrogen-bond acceptors (Lipinski definition) is 6. The second-order valence-corrected chi connectivity index (χ2v) is 6.34. The van der Waals surface area contributed by atoms with Gasteiger partial charge in [-0.2, -0.15) is 0 Å². The van der Waals surface area contributed by atoms with E-state index in [-0.39, 0.29) is 13.2 Å². The van der Waals surface area contributed by atoms with E-state index in [0.29, 0.717) is 18.8 Å². The van der Waals surface area contributed by atoms with E-state index in [1.165, 1.54) is 0 Å². The fraction of sp³-hybridized carbons (Fsp3) is 0.538. The summed E-state index contributed by atoms with van der Waals surface area (Å²) in [6.07, 6.45) is 0.426. The maximum atomic E-state index is 10.8. The predicted molar refractivity (Wildman–Crippen MR) is 80.2 cm³/mol. The fourth-order valence-corrected chi connectivity index (χ4v) is 1.99. The van der Waals surface area contributed by atoms with Crippen LogP contribution >= 0.6 is 0 Å². The standard InChI is InChI=1S/C13H22N2O5S/c1-19-12-3-5-13(6-4-12)20-10-11(16)9-14-7-8-15-21(2,17)18/h3-6,11,14-16H,7-10H2,1-2H3. The van der Waals surface area contributed by atoms with Crippen molar-refractivity contribution in [1.29, 1.82) is 0 Å². The highest BCUT2D eigenvalue weighted by molar-refractivity contribution is 7.88. The van der Waals surface area contributed by atoms with Crippen molar-refractivity contribution in [2.45, 2.75) is 6.10 Å². The lowest BCUT2D eigenvalue weighted by molar-refractivity contribution is 0.107. The number of methoxy groups -OCH3 is 1. The Bertz CT molecular complexity index is 504. The normalized spacial score (nSPS) is 12.9. The summed E-state index contributed by atoms with van der Waals surface area (Å²) in [5, 5.41) is 12.7. The van der Waals surface area contributed by atoms with E-state index in [1.54, 1.807) is 31.4 Å². The molecule has 1 aromatic carbocycles. The number of nitrogens with one attached hydrogen (secondary N) is 2. The van der Waals surface area contributed by atoms with Crippen molar-refractivity contribution >= 4 is 10.0 Å². The third-order valence-electron chi connectivity index (χ3n) is 2.55. The lowest BCUT2D eigenvalue weighted by Gasteiger charge is -2.13. The van der Waals surface area contributed by atoms with Crippen LogP contribution in [0.3, 0.4) is 0 Å². The molecular formula is C13H22N2O5S. The van der Waals surface area contributed by atoms with Gasteiger partial charge in [0.15, 0.2) is 0 Å². The summed E-state index contributed by atoms with van der Waals surface area (Å²) in [7, 11) is -1.58. The maximum absolute atomic E-state index is 10.8. The van der Waals surface area contributed by atoms with Crippen LogP contribution < -0.4 is 19.5 Å². The number of rotatable bonds is 10. The SMILES string of the molecule is COc1ccc(OCC(O)CNCCNS(C)(=O)=O)cc1. The van der Waals surface area contributed by atoms with Gasteiger partial charge in [-0.25, -0.2) is 13.1 Å². The third-order valence-corrected chi connectivity index (χ3v) is 3.28. The number of aliphatic hydroxyl groups is 1. The minimum absolute atomic E-state index is 0.152. The summed E-state index contributed by atoms with van der Waals surface area (Å²) >= 11 is 0. The minimum Gasteiger partial charge on any atom is -0.497 e. The summed E-state index contributed by atoms with van der Waals surface area (Å²) in [6.45, 7) is 1.19. The first-order valence-electron chi connectivity index (χ1n) is 6.51. The first-order valence-corrected chi connectivity index (χ1v) is 8.40. The summed E-state index contributed by atoms with van der Waals surface area (Å²) in [6, 6.07) is 7.07. The van der Waals surface area contributed by atoms with Crippen molar-refractivity contribution in [1.82, 2.24) is 10.0 Å². The van der Waals surface area contributed by atoms with Crippen molar-refractivity contribution in [2.75, 3.05) is 39.6 Å². The average molecular weight is 318 g/mol. The Morgan fingerprint density at radius 2 is 1.81 bits per heavy atom. The second-order valence-electron chi connectivity index (χ2n) is 4.51. The van der Waals surface area contributed by atoms with Crippen LogP contribution in [0.2, 0.25) is 0 Å². The minimum atomic E-state index is -3.16. The van der Waals surface area contributed by atoms with Gasteiger partial charge in [0.25, 0.3) is 0 Å². The summed E-state index contributed by atoms with van der Waals surface area (Å²) in [5.41, 5.74) is 0. The van der Waals surface area contributed by atoms with Crippen LogP contribution in [0.15, 0.2) is 24.3 Å². The first kappa shape index (κ1) is 17.7. The molecule has 0 spiro atoms. The zero-order valence-corrected chi connectivity index (χ0v) is 13.0. The van der Waals surface area contributed by atoms with Gasteiger partial charge in [-0.15, -0.1) is 0 Å². The molecular weight excluding hydrogens is 296 g/mol. The van der Waals surface area contributed by atoms with Crippen LogP contribution in [0.25, 0.3) is 0 Å². The molecule has 21 heavy (non-hydrogen) atoms. The summed E-state index contributed by atoms with van der Waals surface area (Å²) in [5.74, 6) is 1.39. The van der Waals surface area contributed by atoms with Crippen molar-refractivity contribution in [3.8, 4) is 11.5 Å². The molecule has 7 nitrogen and oxygen atoms in total. The number of ether oxygens (including phenoxy) is 2. The molecule has 1 aromatic rings. The summed E-state index contributed by atoms with van der Waals surface area (Å²) in [4.78, 5) is 0. The first-order chi connectivity index (χ1) is 9.90. The average Bonchev–Trinajstić information content (AvgIpc) is 2.44. The molecule has 0 amide bonds. The fourth-order valence-electron chi connectivity index (χ4n) is 1.52. The van der Waals surface area contributed by atoms with Crippen LogP contribution in [0, 0.1) is 0 Å². The monoisotopic (exact) mass is 318 g/mol. The molecule has 0 aliphatic carbocycles. The number of benzene rings is 1. The van der Waals surface area contributed by atoms with E-state index in [0.717, 1.165) is 12.0 Å². The van der Waals surface area contributed by atoms with Crippen LogP contribution in [-0.4, -0.2) is 59.2 Å². The van der Waals surface area contributed by atoms with Gasteiger partial charge in [0.2, 0.25) is 10.0 Å². The molecule has 0 aromatic heterocycles. The van der Waals surface area contributed by atoms with Gasteiger partial charge in [-0.05, 0) is 24.3 Å². The highest BCUT2D eigenvalue weighted by Gasteiger charge is 2.05. The van der Waals surface area contributed by atoms with Crippen LogP contribution in [-0.2, 0) is 10.0 Å². The van der Waals surface area contributed by atoms with Crippen molar-refractivity contribution < 1.29 is 23.0 Å². The van der Waals surface area contributed by atoms with Gasteiger partial charge >= 0.3 is 0 Å². The lowest BCUT2D eigenvalue weighted by Crippen LogP contribution is -2.36. The molecule has 8 heteroatoms. The van der Waals surface area contributed by atoms with Gasteiger partial charge in [0.1, 0.15) is 24.2 Å². The highest BCUT2D eigenvalue weighted by Crippen LogP contribution is 2.16. The zero-order chi connectivity index (χ0) is 15.7. The van der Waals surface area contributed by atoms with Gasteiger partial charge in [-0.3, -0.25) is 0 Å². The number of sulfonamides is 1. The van der Waals surface area contributed by atoms with E-state index in [4.69, 9.17) is 9.47 Å². The molecule has 1 unspecified atom stereocenters. The second kappa shape index (κ2) is 8.83. The van der Waals surface area contributed by atoms with Crippen molar-refractivity contribution in [2.24, 2.45) is 0 Å². The van der Waals surface area contributed by atoms with Crippen LogP contribution in [0.4, 0.5) is 0 Å². The Balaban J connectivity index is 2.14. The molecule has 120 valence electrons. The Labute approximate surface area is 125 Å². The van der Waals surface area contributed by atoms with Crippen molar-refractivity contribution in [3.63, 3.8) is 0 Å². The van der Waals surface area contributed by atoms with E-state index < -0.39 is 16.1 Å². The molecule has 0 heterocycles. The van der Waals surface area contributed by atoms with E-state index >= 15 is 0 Å².